The van der Waals surface area contributed by atoms with Gasteiger partial charge >= 0.3 is 0 Å². The summed E-state index contributed by atoms with van der Waals surface area (Å²) in [5, 5.41) is 0. The summed E-state index contributed by atoms with van der Waals surface area (Å²) in [6, 6.07) is 11.8. The van der Waals surface area contributed by atoms with E-state index in [9.17, 15) is 13.2 Å². The molecule has 1 fully saturated rings. The fourth-order valence-electron chi connectivity index (χ4n) is 2.44. The van der Waals surface area contributed by atoms with E-state index in [-0.39, 0.29) is 17.2 Å². The van der Waals surface area contributed by atoms with Crippen molar-refractivity contribution in [2.45, 2.75) is 17.4 Å². The molecule has 1 amide bonds. The Bertz CT molecular complexity index is 763. The Morgan fingerprint density at radius 2 is 1.91 bits per heavy atom. The summed E-state index contributed by atoms with van der Waals surface area (Å²) < 4.78 is 27.1. The van der Waals surface area contributed by atoms with Gasteiger partial charge in [0.2, 0.25) is 15.9 Å². The summed E-state index contributed by atoms with van der Waals surface area (Å²) in [6.07, 6.45) is 2.94. The quantitative estimate of drug-likeness (QED) is 0.918. The predicted molar refractivity (Wildman–Crippen MR) is 81.8 cm³/mol. The number of rotatable bonds is 4. The number of hydrogen-bond donors (Lipinski definition) is 1. The second-order valence-electron chi connectivity index (χ2n) is 5.05. The number of sulfonamides is 1. The molecule has 0 radical (unpaired) electrons. The summed E-state index contributed by atoms with van der Waals surface area (Å²) in [4.78, 5) is 17.6. The van der Waals surface area contributed by atoms with Crippen LogP contribution in [0.2, 0.25) is 0 Å². The lowest BCUT2D eigenvalue weighted by Gasteiger charge is -2.17. The van der Waals surface area contributed by atoms with Gasteiger partial charge in [0.15, 0.2) is 0 Å². The van der Waals surface area contributed by atoms with Crippen molar-refractivity contribution >= 4 is 21.6 Å². The normalized spacial score (nSPS) is 18.6. The molecule has 2 aromatic rings. The van der Waals surface area contributed by atoms with E-state index in [4.69, 9.17) is 0 Å². The van der Waals surface area contributed by atoms with Crippen LogP contribution in [0, 0.1) is 0 Å². The van der Waals surface area contributed by atoms with Crippen LogP contribution in [0.1, 0.15) is 6.42 Å². The molecule has 1 saturated heterocycles. The Balaban J connectivity index is 1.74. The fraction of sp³-hybridized carbons (Fsp3) is 0.200. The number of nitrogens with one attached hydrogen (secondary N) is 1. The number of para-hydroxylation sites is 1. The Morgan fingerprint density at radius 1 is 1.14 bits per heavy atom. The number of hydrogen-bond acceptors (Lipinski definition) is 4. The highest BCUT2D eigenvalue weighted by Gasteiger charge is 2.33. The maximum Gasteiger partial charge on any atom is 0.242 e. The van der Waals surface area contributed by atoms with Crippen molar-refractivity contribution in [3.63, 3.8) is 0 Å². The second kappa shape index (κ2) is 5.86. The molecule has 1 aliphatic heterocycles. The van der Waals surface area contributed by atoms with Gasteiger partial charge in [-0.25, -0.2) is 13.1 Å². The SMILES string of the molecule is O=C1C[C@@H](NS(=O)(=O)c2cccnc2)CN1c1ccccc1. The van der Waals surface area contributed by atoms with Gasteiger partial charge in [0, 0.05) is 37.1 Å². The maximum atomic E-state index is 12.3. The molecule has 1 aliphatic rings. The minimum absolute atomic E-state index is 0.0925. The summed E-state index contributed by atoms with van der Waals surface area (Å²) in [5.74, 6) is -0.0925. The minimum Gasteiger partial charge on any atom is -0.311 e. The summed E-state index contributed by atoms with van der Waals surface area (Å²) in [6.45, 7) is 0.322. The Hall–Kier alpha value is -2.25. The molecule has 0 aliphatic carbocycles. The van der Waals surface area contributed by atoms with E-state index in [1.54, 1.807) is 11.0 Å². The van der Waals surface area contributed by atoms with Crippen LogP contribution >= 0.6 is 0 Å². The molecular formula is C15H15N3O3S. The van der Waals surface area contributed by atoms with Crippen LogP contribution in [0.15, 0.2) is 59.8 Å². The molecule has 0 spiro atoms. The van der Waals surface area contributed by atoms with Crippen LogP contribution in [0.3, 0.4) is 0 Å². The number of pyridine rings is 1. The molecule has 3 rings (SSSR count). The highest BCUT2D eigenvalue weighted by Crippen LogP contribution is 2.22. The van der Waals surface area contributed by atoms with Crippen molar-refractivity contribution in [1.82, 2.24) is 9.71 Å². The lowest BCUT2D eigenvalue weighted by molar-refractivity contribution is -0.117. The summed E-state index contributed by atoms with van der Waals surface area (Å²) in [7, 11) is -3.66. The molecule has 7 heteroatoms. The summed E-state index contributed by atoms with van der Waals surface area (Å²) >= 11 is 0. The molecule has 1 atom stereocenters. The average molecular weight is 317 g/mol. The van der Waals surface area contributed by atoms with Gasteiger partial charge < -0.3 is 4.90 Å². The number of anilines is 1. The Labute approximate surface area is 128 Å². The third kappa shape index (κ3) is 3.00. The van der Waals surface area contributed by atoms with Crippen LogP contribution < -0.4 is 9.62 Å². The maximum absolute atomic E-state index is 12.3. The van der Waals surface area contributed by atoms with Gasteiger partial charge in [-0.05, 0) is 24.3 Å². The van der Waals surface area contributed by atoms with Gasteiger partial charge in [0.05, 0.1) is 0 Å². The van der Waals surface area contributed by atoms with Crippen LogP contribution in [-0.2, 0) is 14.8 Å². The molecule has 1 aromatic heterocycles. The van der Waals surface area contributed by atoms with Gasteiger partial charge in [0.1, 0.15) is 4.90 Å². The molecular weight excluding hydrogens is 302 g/mol. The standard InChI is InChI=1S/C15H15N3O3S/c19-15-9-12(11-18(15)13-5-2-1-3-6-13)17-22(20,21)14-7-4-8-16-10-14/h1-8,10,12,17H,9,11H2/t12-/m1/s1. The summed E-state index contributed by atoms with van der Waals surface area (Å²) in [5.41, 5.74) is 0.774. The van der Waals surface area contributed by atoms with E-state index in [1.165, 1.54) is 18.5 Å². The number of nitrogens with zero attached hydrogens (tertiary/aromatic N) is 2. The number of amides is 1. The lowest BCUT2D eigenvalue weighted by atomic mass is 10.3. The minimum atomic E-state index is -3.66. The number of aromatic nitrogens is 1. The van der Waals surface area contributed by atoms with E-state index in [0.29, 0.717) is 6.54 Å². The van der Waals surface area contributed by atoms with Gasteiger partial charge in [-0.15, -0.1) is 0 Å². The highest BCUT2D eigenvalue weighted by atomic mass is 32.2. The third-order valence-corrected chi connectivity index (χ3v) is 4.97. The number of carbonyl (C=O) groups excluding carboxylic acids is 1. The molecule has 1 N–H and O–H groups in total. The molecule has 1 aromatic carbocycles. The molecule has 0 bridgehead atoms. The fourth-order valence-corrected chi connectivity index (χ4v) is 3.63. The molecule has 2 heterocycles. The van der Waals surface area contributed by atoms with Crippen LogP contribution in [0.5, 0.6) is 0 Å². The number of benzene rings is 1. The monoisotopic (exact) mass is 317 g/mol. The van der Waals surface area contributed by atoms with Crippen molar-refractivity contribution in [3.8, 4) is 0 Å². The first kappa shape index (κ1) is 14.7. The van der Waals surface area contributed by atoms with Gasteiger partial charge in [-0.2, -0.15) is 0 Å². The topological polar surface area (TPSA) is 79.4 Å². The molecule has 6 nitrogen and oxygen atoms in total. The first-order valence-electron chi connectivity index (χ1n) is 6.84. The van der Waals surface area contributed by atoms with Crippen LogP contribution in [0.4, 0.5) is 5.69 Å². The predicted octanol–water partition coefficient (Wildman–Crippen LogP) is 1.17. The average Bonchev–Trinajstić information content (AvgIpc) is 2.89. The van der Waals surface area contributed by atoms with E-state index in [2.05, 4.69) is 9.71 Å². The molecule has 22 heavy (non-hydrogen) atoms. The zero-order valence-corrected chi connectivity index (χ0v) is 12.5. The van der Waals surface area contributed by atoms with E-state index < -0.39 is 16.1 Å². The van der Waals surface area contributed by atoms with Crippen molar-refractivity contribution < 1.29 is 13.2 Å². The highest BCUT2D eigenvalue weighted by molar-refractivity contribution is 7.89. The van der Waals surface area contributed by atoms with E-state index >= 15 is 0 Å². The first-order valence-corrected chi connectivity index (χ1v) is 8.32. The second-order valence-corrected chi connectivity index (χ2v) is 6.76. The van der Waals surface area contributed by atoms with E-state index in [0.717, 1.165) is 5.69 Å². The van der Waals surface area contributed by atoms with Crippen LogP contribution in [0.25, 0.3) is 0 Å². The lowest BCUT2D eigenvalue weighted by Crippen LogP contribution is -2.37. The third-order valence-electron chi connectivity index (χ3n) is 3.46. The molecule has 114 valence electrons. The van der Waals surface area contributed by atoms with Crippen molar-refractivity contribution in [1.29, 1.82) is 0 Å². The Kier molecular flexibility index (Phi) is 3.91. The van der Waals surface area contributed by atoms with Crippen LogP contribution in [-0.4, -0.2) is 31.9 Å². The zero-order chi connectivity index (χ0) is 15.6. The smallest absolute Gasteiger partial charge is 0.242 e. The van der Waals surface area contributed by atoms with E-state index in [1.807, 2.05) is 30.3 Å². The number of carbonyl (C=O) groups is 1. The largest absolute Gasteiger partial charge is 0.311 e. The zero-order valence-electron chi connectivity index (χ0n) is 11.7. The van der Waals surface area contributed by atoms with Gasteiger partial charge in [-0.1, -0.05) is 18.2 Å². The van der Waals surface area contributed by atoms with Gasteiger partial charge in [-0.3, -0.25) is 9.78 Å². The van der Waals surface area contributed by atoms with Crippen molar-refractivity contribution in [3.05, 3.63) is 54.9 Å². The van der Waals surface area contributed by atoms with Crippen molar-refractivity contribution in [2.24, 2.45) is 0 Å². The molecule has 0 saturated carbocycles. The van der Waals surface area contributed by atoms with Gasteiger partial charge in [0.25, 0.3) is 0 Å². The van der Waals surface area contributed by atoms with Crippen molar-refractivity contribution in [2.75, 3.05) is 11.4 Å². The first-order chi connectivity index (χ1) is 10.6. The Morgan fingerprint density at radius 3 is 2.59 bits per heavy atom. The molecule has 0 unspecified atom stereocenters.